The van der Waals surface area contributed by atoms with E-state index in [4.69, 9.17) is 5.73 Å². The first-order valence-corrected chi connectivity index (χ1v) is 11.9. The quantitative estimate of drug-likeness (QED) is 0.0325. The SMILES string of the molecule is CC(=O)N[C@@H](CO)C(=O)N[C@@H](CC(=O)O)C(=O)N[C@@H](CCCC[NH+]=C(O)C=S)C(=O)N[C@H](C(N)=O)[C@@H](C)O. The summed E-state index contributed by atoms with van der Waals surface area (Å²) in [4.78, 5) is 74.9. The molecule has 5 amide bonds. The minimum atomic E-state index is -1.71. The summed E-state index contributed by atoms with van der Waals surface area (Å²) in [5.41, 5.74) is 5.19. The van der Waals surface area contributed by atoms with Gasteiger partial charge in [-0.1, -0.05) is 12.2 Å². The van der Waals surface area contributed by atoms with Crippen LogP contribution in [0.5, 0.6) is 0 Å². The number of nitrogens with two attached hydrogens (primary N) is 1. The number of carboxylic acids is 1. The van der Waals surface area contributed by atoms with E-state index >= 15 is 0 Å². The summed E-state index contributed by atoms with van der Waals surface area (Å²) >= 11 is 4.55. The van der Waals surface area contributed by atoms with Crippen LogP contribution in [-0.2, 0) is 28.8 Å². The van der Waals surface area contributed by atoms with E-state index in [9.17, 15) is 49.2 Å². The molecule has 0 fully saturated rings. The van der Waals surface area contributed by atoms with Crippen molar-refractivity contribution in [1.29, 1.82) is 0 Å². The molecule has 0 spiro atoms. The number of nitrogens with one attached hydrogen (secondary N) is 5. The summed E-state index contributed by atoms with van der Waals surface area (Å²) in [7, 11) is 0. The van der Waals surface area contributed by atoms with Crippen molar-refractivity contribution in [3.8, 4) is 0 Å². The molecule has 38 heavy (non-hydrogen) atoms. The van der Waals surface area contributed by atoms with Crippen LogP contribution in [0.3, 0.4) is 0 Å². The summed E-state index contributed by atoms with van der Waals surface area (Å²) in [5, 5.41) is 47.4. The lowest BCUT2D eigenvalue weighted by Gasteiger charge is -2.26. The second kappa shape index (κ2) is 17.7. The third kappa shape index (κ3) is 13.6. The maximum Gasteiger partial charge on any atom is 0.369 e. The fourth-order valence-electron chi connectivity index (χ4n) is 3.05. The van der Waals surface area contributed by atoms with Gasteiger partial charge in [-0.2, -0.15) is 0 Å². The number of aliphatic carboxylic acids is 1. The van der Waals surface area contributed by atoms with Crippen molar-refractivity contribution >= 4 is 59.0 Å². The Kier molecular flexibility index (Phi) is 16.0. The Morgan fingerprint density at radius 1 is 0.921 bits per heavy atom. The van der Waals surface area contributed by atoms with Crippen LogP contribution in [0, 0.1) is 0 Å². The van der Waals surface area contributed by atoms with Crippen molar-refractivity contribution in [1.82, 2.24) is 21.3 Å². The number of primary amides is 1. The summed E-state index contributed by atoms with van der Waals surface area (Å²) in [5.74, 6) is -6.48. The Balaban J connectivity index is 5.73. The number of amides is 5. The van der Waals surface area contributed by atoms with Gasteiger partial charge < -0.3 is 47.4 Å². The van der Waals surface area contributed by atoms with Crippen LogP contribution in [0.25, 0.3) is 0 Å². The number of carbonyl (C=O) groups is 6. The molecule has 0 saturated heterocycles. The van der Waals surface area contributed by atoms with Crippen LogP contribution in [0.2, 0.25) is 0 Å². The standard InChI is InChI=1S/C21H34N6O10S/c1-10(29)17(18(22)34)27-19(35)12(5-3-4-6-23-15(31)9-38)25-20(36)13(7-16(32)33)26-21(37)14(8-28)24-11(2)30/h9-10,12-14,17,28-29H,3-8H2,1-2H3,(H2,22,34)(H,23,31)(H,24,30)(H,25,36)(H,26,37)(H,27,35)(H,32,33)/p+1/t10-,12+,13+,14+,17+/m1/s1. The Labute approximate surface area is 223 Å². The third-order valence-corrected chi connectivity index (χ3v) is 5.17. The van der Waals surface area contributed by atoms with E-state index in [-0.39, 0.29) is 25.3 Å². The van der Waals surface area contributed by atoms with E-state index in [0.717, 1.165) is 12.3 Å². The molecular formula is C21H35N6O10S+. The molecule has 0 rings (SSSR count). The summed E-state index contributed by atoms with van der Waals surface area (Å²) < 4.78 is 0. The Hall–Kier alpha value is -3.70. The number of carboxylic acid groups (broad SMARTS) is 1. The summed E-state index contributed by atoms with van der Waals surface area (Å²) in [6, 6.07) is -6.03. The van der Waals surface area contributed by atoms with Crippen molar-refractivity contribution in [2.24, 2.45) is 5.73 Å². The fraction of sp³-hybridized carbons (Fsp3) is 0.619. The molecule has 0 unspecified atom stereocenters. The number of hydrogen-bond donors (Lipinski definition) is 10. The van der Waals surface area contributed by atoms with E-state index < -0.39 is 78.8 Å². The molecule has 16 nitrogen and oxygen atoms in total. The normalized spacial score (nSPS) is 15.1. The molecule has 214 valence electrons. The molecule has 0 aromatic carbocycles. The summed E-state index contributed by atoms with van der Waals surface area (Å²) in [6.07, 6.45) is -1.66. The van der Waals surface area contributed by atoms with Crippen LogP contribution in [0.15, 0.2) is 0 Å². The second-order valence-corrected chi connectivity index (χ2v) is 8.45. The molecule has 0 aliphatic heterocycles. The van der Waals surface area contributed by atoms with Gasteiger partial charge in [0.15, 0.2) is 0 Å². The maximum atomic E-state index is 12.9. The highest BCUT2D eigenvalue weighted by atomic mass is 32.1. The topological polar surface area (TPSA) is 271 Å². The molecule has 0 bridgehead atoms. The van der Waals surface area contributed by atoms with Crippen LogP contribution in [-0.4, -0.2) is 111 Å². The first-order valence-electron chi connectivity index (χ1n) is 11.5. The highest BCUT2D eigenvalue weighted by molar-refractivity contribution is 7.80. The minimum absolute atomic E-state index is 0.0399. The predicted octanol–water partition coefficient (Wildman–Crippen LogP) is -5.51. The number of aliphatic hydroxyl groups is 3. The van der Waals surface area contributed by atoms with Gasteiger partial charge in [0.1, 0.15) is 36.1 Å². The van der Waals surface area contributed by atoms with Gasteiger partial charge in [0.2, 0.25) is 29.5 Å². The third-order valence-electron chi connectivity index (χ3n) is 4.95. The minimum Gasteiger partial charge on any atom is -0.481 e. The molecule has 0 heterocycles. The number of aliphatic hydroxyl groups excluding tert-OH is 3. The van der Waals surface area contributed by atoms with Gasteiger partial charge >= 0.3 is 11.9 Å². The van der Waals surface area contributed by atoms with E-state index in [1.807, 2.05) is 0 Å². The number of unbranched alkanes of at least 4 members (excludes halogenated alkanes) is 1. The monoisotopic (exact) mass is 563 g/mol. The molecule has 0 aliphatic carbocycles. The Morgan fingerprint density at radius 2 is 1.47 bits per heavy atom. The highest BCUT2D eigenvalue weighted by Gasteiger charge is 2.32. The zero-order chi connectivity index (χ0) is 29.4. The number of hydrogen-bond acceptors (Lipinski definition) is 9. The van der Waals surface area contributed by atoms with Gasteiger partial charge in [-0.05, 0) is 19.8 Å². The second-order valence-electron chi connectivity index (χ2n) is 8.21. The number of carbonyl (C=O) groups excluding carboxylic acids is 5. The van der Waals surface area contributed by atoms with E-state index in [1.165, 1.54) is 6.92 Å². The lowest BCUT2D eigenvalue weighted by Crippen LogP contribution is -2.73. The summed E-state index contributed by atoms with van der Waals surface area (Å²) in [6.45, 7) is 1.70. The fourth-order valence-corrected chi connectivity index (χ4v) is 3.14. The number of thiocarbonyl (C=S) groups is 1. The van der Waals surface area contributed by atoms with Crippen LogP contribution in [0.1, 0.15) is 39.5 Å². The molecule has 0 saturated carbocycles. The van der Waals surface area contributed by atoms with Crippen molar-refractivity contribution < 1.29 is 54.2 Å². The molecule has 17 heteroatoms. The van der Waals surface area contributed by atoms with Crippen molar-refractivity contribution in [3.05, 3.63) is 0 Å². The van der Waals surface area contributed by atoms with Crippen molar-refractivity contribution in [2.75, 3.05) is 13.2 Å². The van der Waals surface area contributed by atoms with Gasteiger partial charge in [-0.15, -0.1) is 0 Å². The largest absolute Gasteiger partial charge is 0.481 e. The van der Waals surface area contributed by atoms with Crippen molar-refractivity contribution in [2.45, 2.75) is 69.8 Å². The zero-order valence-electron chi connectivity index (χ0n) is 20.9. The van der Waals surface area contributed by atoms with E-state index in [1.54, 1.807) is 0 Å². The molecule has 0 radical (unpaired) electrons. The maximum absolute atomic E-state index is 12.9. The average Bonchev–Trinajstić information content (AvgIpc) is 2.82. The lowest BCUT2D eigenvalue weighted by atomic mass is 10.1. The van der Waals surface area contributed by atoms with E-state index in [0.29, 0.717) is 6.42 Å². The zero-order valence-corrected chi connectivity index (χ0v) is 21.7. The Morgan fingerprint density at radius 3 is 1.95 bits per heavy atom. The smallest absolute Gasteiger partial charge is 0.369 e. The van der Waals surface area contributed by atoms with Crippen LogP contribution >= 0.6 is 12.2 Å². The van der Waals surface area contributed by atoms with Gasteiger partial charge in [0.05, 0.1) is 19.1 Å². The van der Waals surface area contributed by atoms with Gasteiger partial charge in [0.25, 0.3) is 0 Å². The Bertz CT molecular complexity index is 913. The average molecular weight is 564 g/mol. The predicted molar refractivity (Wildman–Crippen MR) is 135 cm³/mol. The lowest BCUT2D eigenvalue weighted by molar-refractivity contribution is -0.464. The van der Waals surface area contributed by atoms with Crippen LogP contribution < -0.4 is 32.0 Å². The first kappa shape index (κ1) is 34.3. The van der Waals surface area contributed by atoms with Gasteiger partial charge in [-0.25, -0.2) is 4.99 Å². The molecule has 11 N–H and O–H groups in total. The highest BCUT2D eigenvalue weighted by Crippen LogP contribution is 2.05. The first-order chi connectivity index (χ1) is 17.7. The van der Waals surface area contributed by atoms with Gasteiger partial charge in [0, 0.05) is 13.3 Å². The van der Waals surface area contributed by atoms with Crippen LogP contribution in [0.4, 0.5) is 0 Å². The van der Waals surface area contributed by atoms with E-state index in [2.05, 4.69) is 38.5 Å². The van der Waals surface area contributed by atoms with Crippen molar-refractivity contribution in [3.63, 3.8) is 0 Å². The van der Waals surface area contributed by atoms with Gasteiger partial charge in [-0.3, -0.25) is 28.8 Å². The number of rotatable bonds is 18. The molecule has 0 aliphatic rings. The molecule has 0 aromatic rings. The molecule has 5 atom stereocenters. The molecular weight excluding hydrogens is 528 g/mol. The molecule has 0 aromatic heterocycles.